The lowest BCUT2D eigenvalue weighted by molar-refractivity contribution is 0.483. The van der Waals surface area contributed by atoms with Crippen LogP contribution < -0.4 is 0 Å². The lowest BCUT2D eigenvalue weighted by Gasteiger charge is -1.96. The fourth-order valence-electron chi connectivity index (χ4n) is 1.82. The molecule has 78 valence electrons. The van der Waals surface area contributed by atoms with E-state index in [0.29, 0.717) is 5.69 Å². The van der Waals surface area contributed by atoms with E-state index >= 15 is 0 Å². The lowest BCUT2D eigenvalue weighted by atomic mass is 10.2. The van der Waals surface area contributed by atoms with Crippen LogP contribution in [-0.2, 0) is 0 Å². The summed E-state index contributed by atoms with van der Waals surface area (Å²) >= 11 is 0. The summed E-state index contributed by atoms with van der Waals surface area (Å²) in [5.74, 6) is 0.259. The topological polar surface area (TPSA) is 48.9 Å². The third-order valence-corrected chi connectivity index (χ3v) is 2.60. The van der Waals surface area contributed by atoms with E-state index in [4.69, 9.17) is 0 Å². The van der Waals surface area contributed by atoms with E-state index in [9.17, 15) is 5.11 Å². The Morgan fingerprint density at radius 2 is 1.81 bits per heavy atom. The first-order valence-corrected chi connectivity index (χ1v) is 5.07. The highest BCUT2D eigenvalue weighted by Crippen LogP contribution is 2.34. The Hall–Kier alpha value is -2.29. The number of nitrogens with one attached hydrogen (secondary N) is 1. The first-order chi connectivity index (χ1) is 7.86. The van der Waals surface area contributed by atoms with Crippen LogP contribution in [0.1, 0.15) is 0 Å². The van der Waals surface area contributed by atoms with Crippen LogP contribution in [-0.4, -0.2) is 15.1 Å². The van der Waals surface area contributed by atoms with Crippen molar-refractivity contribution in [2.24, 2.45) is 0 Å². The first kappa shape index (κ1) is 8.97. The third-order valence-electron chi connectivity index (χ3n) is 2.60. The summed E-state index contributed by atoms with van der Waals surface area (Å²) < 4.78 is 0. The Balaban J connectivity index is 2.29. The molecule has 0 bridgehead atoms. The van der Waals surface area contributed by atoms with Gasteiger partial charge in [0.2, 0.25) is 0 Å². The second-order valence-corrected chi connectivity index (χ2v) is 3.61. The Bertz CT molecular complexity index is 629. The molecule has 0 saturated carbocycles. The maximum Gasteiger partial charge on any atom is 0.150 e. The highest BCUT2D eigenvalue weighted by Gasteiger charge is 2.11. The fourth-order valence-corrected chi connectivity index (χ4v) is 1.82. The summed E-state index contributed by atoms with van der Waals surface area (Å²) in [5, 5.41) is 10.9. The van der Waals surface area contributed by atoms with Gasteiger partial charge in [-0.15, -0.1) is 0 Å². The van der Waals surface area contributed by atoms with E-state index in [1.54, 1.807) is 6.20 Å². The van der Waals surface area contributed by atoms with Crippen molar-refractivity contribution in [3.8, 4) is 17.1 Å². The van der Waals surface area contributed by atoms with Gasteiger partial charge in [0.1, 0.15) is 5.69 Å². The van der Waals surface area contributed by atoms with Crippen molar-refractivity contribution in [3.63, 3.8) is 0 Å². The van der Waals surface area contributed by atoms with Gasteiger partial charge in [-0.25, -0.2) is 0 Å². The van der Waals surface area contributed by atoms with E-state index in [1.165, 1.54) is 0 Å². The van der Waals surface area contributed by atoms with Gasteiger partial charge in [0, 0.05) is 17.1 Å². The summed E-state index contributed by atoms with van der Waals surface area (Å²) in [5.41, 5.74) is 2.33. The number of fused-ring (bicyclic) bond motifs is 1. The SMILES string of the molecule is Oc1c(-c2ccccn2)[nH]c2ccccc12. The van der Waals surface area contributed by atoms with Crippen molar-refractivity contribution in [1.82, 2.24) is 9.97 Å². The van der Waals surface area contributed by atoms with Gasteiger partial charge in [-0.05, 0) is 24.3 Å². The van der Waals surface area contributed by atoms with Crippen molar-refractivity contribution in [1.29, 1.82) is 0 Å². The van der Waals surface area contributed by atoms with E-state index in [0.717, 1.165) is 16.6 Å². The molecule has 16 heavy (non-hydrogen) atoms. The molecule has 3 heteroatoms. The standard InChI is InChI=1S/C13H10N2O/c16-13-9-5-1-2-6-10(9)15-12(13)11-7-3-4-8-14-11/h1-8,15-16H. The van der Waals surface area contributed by atoms with Gasteiger partial charge in [0.15, 0.2) is 5.75 Å². The van der Waals surface area contributed by atoms with Gasteiger partial charge in [0.25, 0.3) is 0 Å². The minimum absolute atomic E-state index is 0.259. The number of aromatic hydroxyl groups is 1. The molecule has 0 unspecified atom stereocenters. The van der Waals surface area contributed by atoms with Gasteiger partial charge in [-0.1, -0.05) is 18.2 Å². The molecule has 0 aliphatic rings. The van der Waals surface area contributed by atoms with E-state index in [1.807, 2.05) is 42.5 Å². The predicted molar refractivity (Wildman–Crippen MR) is 63.2 cm³/mol. The number of para-hydroxylation sites is 1. The van der Waals surface area contributed by atoms with Crippen LogP contribution in [0.2, 0.25) is 0 Å². The molecular formula is C13H10N2O. The molecule has 3 aromatic rings. The Morgan fingerprint density at radius 3 is 2.56 bits per heavy atom. The number of aromatic nitrogens is 2. The van der Waals surface area contributed by atoms with Gasteiger partial charge < -0.3 is 10.1 Å². The number of hydrogen-bond donors (Lipinski definition) is 2. The Morgan fingerprint density at radius 1 is 1.00 bits per heavy atom. The van der Waals surface area contributed by atoms with Gasteiger partial charge >= 0.3 is 0 Å². The number of aromatic amines is 1. The summed E-state index contributed by atoms with van der Waals surface area (Å²) in [6, 6.07) is 13.3. The average molecular weight is 210 g/mol. The van der Waals surface area contributed by atoms with E-state index < -0.39 is 0 Å². The monoisotopic (exact) mass is 210 g/mol. The largest absolute Gasteiger partial charge is 0.505 e. The molecule has 2 N–H and O–H groups in total. The van der Waals surface area contributed by atoms with Gasteiger partial charge in [-0.3, -0.25) is 4.98 Å². The summed E-state index contributed by atoms with van der Waals surface area (Å²) in [6.45, 7) is 0. The molecule has 1 aromatic carbocycles. The normalized spacial score (nSPS) is 10.8. The molecule has 0 amide bonds. The molecular weight excluding hydrogens is 200 g/mol. The highest BCUT2D eigenvalue weighted by molar-refractivity contribution is 5.93. The van der Waals surface area contributed by atoms with Crippen molar-refractivity contribution in [2.45, 2.75) is 0 Å². The minimum Gasteiger partial charge on any atom is -0.505 e. The van der Waals surface area contributed by atoms with Crippen LogP contribution in [0.15, 0.2) is 48.7 Å². The molecule has 0 spiro atoms. The molecule has 0 fully saturated rings. The molecule has 2 aromatic heterocycles. The minimum atomic E-state index is 0.259. The molecule has 0 aliphatic carbocycles. The Kier molecular flexibility index (Phi) is 1.90. The van der Waals surface area contributed by atoms with Crippen molar-refractivity contribution in [3.05, 3.63) is 48.7 Å². The molecule has 3 rings (SSSR count). The number of H-pyrrole nitrogens is 1. The number of benzene rings is 1. The zero-order valence-corrected chi connectivity index (χ0v) is 8.51. The van der Waals surface area contributed by atoms with Crippen LogP contribution in [0.4, 0.5) is 0 Å². The number of nitrogens with zero attached hydrogens (tertiary/aromatic N) is 1. The highest BCUT2D eigenvalue weighted by atomic mass is 16.3. The first-order valence-electron chi connectivity index (χ1n) is 5.07. The second-order valence-electron chi connectivity index (χ2n) is 3.61. The number of pyridine rings is 1. The fraction of sp³-hybridized carbons (Fsp3) is 0. The van der Waals surface area contributed by atoms with Crippen molar-refractivity contribution in [2.75, 3.05) is 0 Å². The van der Waals surface area contributed by atoms with E-state index in [-0.39, 0.29) is 5.75 Å². The average Bonchev–Trinajstić information content (AvgIpc) is 2.69. The third kappa shape index (κ3) is 1.26. The summed E-state index contributed by atoms with van der Waals surface area (Å²) in [7, 11) is 0. The quantitative estimate of drug-likeness (QED) is 0.648. The van der Waals surface area contributed by atoms with Crippen LogP contribution in [0.25, 0.3) is 22.3 Å². The van der Waals surface area contributed by atoms with Crippen LogP contribution in [0.5, 0.6) is 5.75 Å². The Labute approximate surface area is 92.4 Å². The molecule has 0 aliphatic heterocycles. The second kappa shape index (κ2) is 3.38. The summed E-state index contributed by atoms with van der Waals surface area (Å²) in [4.78, 5) is 7.38. The molecule has 0 radical (unpaired) electrons. The van der Waals surface area contributed by atoms with Gasteiger partial charge in [0.05, 0.1) is 5.69 Å². The zero-order valence-electron chi connectivity index (χ0n) is 8.51. The zero-order chi connectivity index (χ0) is 11.0. The van der Waals surface area contributed by atoms with Crippen LogP contribution in [0, 0.1) is 0 Å². The molecule has 0 saturated heterocycles. The van der Waals surface area contributed by atoms with Crippen LogP contribution >= 0.6 is 0 Å². The predicted octanol–water partition coefficient (Wildman–Crippen LogP) is 2.94. The molecule has 0 atom stereocenters. The van der Waals surface area contributed by atoms with Gasteiger partial charge in [-0.2, -0.15) is 0 Å². The molecule has 2 heterocycles. The van der Waals surface area contributed by atoms with E-state index in [2.05, 4.69) is 9.97 Å². The number of rotatable bonds is 1. The van der Waals surface area contributed by atoms with Crippen molar-refractivity contribution >= 4 is 10.9 Å². The van der Waals surface area contributed by atoms with Crippen LogP contribution in [0.3, 0.4) is 0 Å². The maximum absolute atomic E-state index is 10.1. The lowest BCUT2D eigenvalue weighted by Crippen LogP contribution is -1.81. The molecule has 3 nitrogen and oxygen atoms in total. The smallest absolute Gasteiger partial charge is 0.150 e. The van der Waals surface area contributed by atoms with Crippen molar-refractivity contribution < 1.29 is 5.11 Å². The maximum atomic E-state index is 10.1. The number of hydrogen-bond acceptors (Lipinski definition) is 2. The summed E-state index contributed by atoms with van der Waals surface area (Å²) in [6.07, 6.45) is 1.71.